The van der Waals surface area contributed by atoms with Gasteiger partial charge < -0.3 is 10.5 Å². The number of nitrogens with two attached hydrogens (primary N) is 1. The summed E-state index contributed by atoms with van der Waals surface area (Å²) in [6.45, 7) is 4.21. The molecule has 0 aromatic heterocycles. The van der Waals surface area contributed by atoms with Gasteiger partial charge in [0.05, 0.1) is 23.3 Å². The first-order valence-electron chi connectivity index (χ1n) is 5.33. The van der Waals surface area contributed by atoms with Crippen LogP contribution in [0.5, 0.6) is 0 Å². The Balaban J connectivity index is 2.37. The Morgan fingerprint density at radius 2 is 2.06 bits per heavy atom. The van der Waals surface area contributed by atoms with Gasteiger partial charge in [-0.1, -0.05) is 36.2 Å². The van der Waals surface area contributed by atoms with E-state index in [1.165, 1.54) is 5.56 Å². The zero-order valence-electron chi connectivity index (χ0n) is 9.17. The van der Waals surface area contributed by atoms with E-state index >= 15 is 0 Å². The lowest BCUT2D eigenvalue weighted by Gasteiger charge is -2.46. The largest absolute Gasteiger partial charge is 0.379 e. The van der Waals surface area contributed by atoms with Gasteiger partial charge in [0.2, 0.25) is 0 Å². The molecule has 1 heterocycles. The van der Waals surface area contributed by atoms with Gasteiger partial charge in [-0.2, -0.15) is 0 Å². The second-order valence-corrected chi connectivity index (χ2v) is 5.23. The van der Waals surface area contributed by atoms with E-state index in [-0.39, 0.29) is 5.41 Å². The zero-order chi connectivity index (χ0) is 11.8. The maximum absolute atomic E-state index is 6.04. The first-order valence-corrected chi connectivity index (χ1v) is 6.09. The molecular formula is C12H15Cl2NO. The van der Waals surface area contributed by atoms with E-state index in [9.17, 15) is 0 Å². The predicted molar refractivity (Wildman–Crippen MR) is 67.2 cm³/mol. The summed E-state index contributed by atoms with van der Waals surface area (Å²) in [5.74, 6) is 0.374. The lowest BCUT2D eigenvalue weighted by Crippen LogP contribution is -2.53. The monoisotopic (exact) mass is 259 g/mol. The number of ether oxygens (including phenoxy) is 1. The minimum Gasteiger partial charge on any atom is -0.379 e. The van der Waals surface area contributed by atoms with Crippen molar-refractivity contribution in [1.82, 2.24) is 0 Å². The summed E-state index contributed by atoms with van der Waals surface area (Å²) in [5, 5.41) is 1.18. The lowest BCUT2D eigenvalue weighted by molar-refractivity contribution is -0.0854. The van der Waals surface area contributed by atoms with E-state index in [0.717, 1.165) is 0 Å². The summed E-state index contributed by atoms with van der Waals surface area (Å²) < 4.78 is 5.35. The molecule has 0 amide bonds. The molecule has 2 rings (SSSR count). The van der Waals surface area contributed by atoms with Crippen molar-refractivity contribution in [2.75, 3.05) is 19.8 Å². The van der Waals surface area contributed by atoms with Gasteiger partial charge in [0.1, 0.15) is 0 Å². The third-order valence-corrected chi connectivity index (χ3v) is 4.25. The third-order valence-electron chi connectivity index (χ3n) is 3.51. The molecule has 1 fully saturated rings. The van der Waals surface area contributed by atoms with Gasteiger partial charge in [-0.05, 0) is 30.2 Å². The van der Waals surface area contributed by atoms with E-state index in [0.29, 0.717) is 35.7 Å². The van der Waals surface area contributed by atoms with Gasteiger partial charge in [0, 0.05) is 5.41 Å². The van der Waals surface area contributed by atoms with Crippen molar-refractivity contribution in [2.24, 2.45) is 11.7 Å². The fraction of sp³-hybridized carbons (Fsp3) is 0.500. The molecule has 1 aromatic carbocycles. The van der Waals surface area contributed by atoms with Crippen molar-refractivity contribution in [1.29, 1.82) is 0 Å². The standard InChI is InChI=1S/C12H15Cl2NO/c1-8(5-15)12(6-16-7-12)9-2-3-10(13)11(14)4-9/h2-4,8H,5-7,15H2,1H3. The second kappa shape index (κ2) is 4.53. The Bertz CT molecular complexity index is 391. The minimum absolute atomic E-state index is 0.0168. The second-order valence-electron chi connectivity index (χ2n) is 4.41. The Kier molecular flexibility index (Phi) is 3.45. The topological polar surface area (TPSA) is 35.2 Å². The van der Waals surface area contributed by atoms with Crippen LogP contribution in [0.1, 0.15) is 12.5 Å². The van der Waals surface area contributed by atoms with Crippen molar-refractivity contribution in [3.05, 3.63) is 33.8 Å². The van der Waals surface area contributed by atoms with Crippen LogP contribution in [0.4, 0.5) is 0 Å². The molecule has 1 aliphatic rings. The molecule has 1 saturated heterocycles. The summed E-state index contributed by atoms with van der Waals surface area (Å²) >= 11 is 12.0. The van der Waals surface area contributed by atoms with Crippen LogP contribution in [0.2, 0.25) is 10.0 Å². The Labute approximate surface area is 106 Å². The fourth-order valence-electron chi connectivity index (χ4n) is 2.09. The number of hydrogen-bond acceptors (Lipinski definition) is 2. The van der Waals surface area contributed by atoms with E-state index in [2.05, 4.69) is 6.92 Å². The highest BCUT2D eigenvalue weighted by Crippen LogP contribution is 2.40. The Morgan fingerprint density at radius 3 is 2.50 bits per heavy atom. The zero-order valence-corrected chi connectivity index (χ0v) is 10.7. The molecule has 0 spiro atoms. The number of rotatable bonds is 3. The third kappa shape index (κ3) is 1.84. The summed E-state index contributed by atoms with van der Waals surface area (Å²) in [6, 6.07) is 5.78. The Hall–Kier alpha value is -0.280. The highest BCUT2D eigenvalue weighted by molar-refractivity contribution is 6.42. The molecule has 2 N–H and O–H groups in total. The van der Waals surface area contributed by atoms with Crippen molar-refractivity contribution in [3.8, 4) is 0 Å². The average molecular weight is 260 g/mol. The van der Waals surface area contributed by atoms with E-state index in [1.54, 1.807) is 0 Å². The molecule has 1 aliphatic heterocycles. The van der Waals surface area contributed by atoms with Crippen LogP contribution in [0.15, 0.2) is 18.2 Å². The number of benzene rings is 1. The van der Waals surface area contributed by atoms with E-state index in [4.69, 9.17) is 33.7 Å². The summed E-state index contributed by atoms with van der Waals surface area (Å²) in [7, 11) is 0. The molecule has 0 bridgehead atoms. The first-order chi connectivity index (χ1) is 7.60. The first kappa shape index (κ1) is 12.2. The van der Waals surface area contributed by atoms with Gasteiger partial charge in [-0.25, -0.2) is 0 Å². The van der Waals surface area contributed by atoms with Crippen LogP contribution in [-0.4, -0.2) is 19.8 Å². The van der Waals surface area contributed by atoms with Gasteiger partial charge >= 0.3 is 0 Å². The summed E-state index contributed by atoms with van der Waals surface area (Å²) in [4.78, 5) is 0. The molecule has 1 atom stereocenters. The minimum atomic E-state index is 0.0168. The highest BCUT2D eigenvalue weighted by atomic mass is 35.5. The fourth-order valence-corrected chi connectivity index (χ4v) is 2.39. The molecule has 1 unspecified atom stereocenters. The quantitative estimate of drug-likeness (QED) is 0.906. The van der Waals surface area contributed by atoms with Crippen LogP contribution in [0, 0.1) is 5.92 Å². The van der Waals surface area contributed by atoms with Crippen LogP contribution >= 0.6 is 23.2 Å². The maximum Gasteiger partial charge on any atom is 0.0595 e. The molecule has 0 aliphatic carbocycles. The van der Waals surface area contributed by atoms with Crippen molar-refractivity contribution < 1.29 is 4.74 Å². The molecule has 16 heavy (non-hydrogen) atoms. The summed E-state index contributed by atoms with van der Waals surface area (Å²) in [5.41, 5.74) is 6.95. The van der Waals surface area contributed by atoms with Crippen LogP contribution in [0.3, 0.4) is 0 Å². The van der Waals surface area contributed by atoms with Crippen LogP contribution in [0.25, 0.3) is 0 Å². The lowest BCUT2D eigenvalue weighted by atomic mass is 9.69. The van der Waals surface area contributed by atoms with E-state index < -0.39 is 0 Å². The Morgan fingerprint density at radius 1 is 1.38 bits per heavy atom. The molecular weight excluding hydrogens is 245 g/mol. The predicted octanol–water partition coefficient (Wildman–Crippen LogP) is 2.86. The summed E-state index contributed by atoms with van der Waals surface area (Å²) in [6.07, 6.45) is 0. The molecule has 0 radical (unpaired) electrons. The molecule has 0 saturated carbocycles. The van der Waals surface area contributed by atoms with Gasteiger partial charge in [-0.3, -0.25) is 0 Å². The normalized spacial score (nSPS) is 20.2. The van der Waals surface area contributed by atoms with Gasteiger partial charge in [-0.15, -0.1) is 0 Å². The smallest absolute Gasteiger partial charge is 0.0595 e. The average Bonchev–Trinajstić information content (AvgIpc) is 2.21. The van der Waals surface area contributed by atoms with Crippen molar-refractivity contribution in [2.45, 2.75) is 12.3 Å². The SMILES string of the molecule is CC(CN)C1(c2ccc(Cl)c(Cl)c2)COC1. The van der Waals surface area contributed by atoms with Gasteiger partial charge in [0.15, 0.2) is 0 Å². The molecule has 1 aromatic rings. The van der Waals surface area contributed by atoms with Crippen molar-refractivity contribution >= 4 is 23.2 Å². The number of halogens is 2. The molecule has 2 nitrogen and oxygen atoms in total. The van der Waals surface area contributed by atoms with Crippen LogP contribution in [-0.2, 0) is 10.2 Å². The van der Waals surface area contributed by atoms with Crippen LogP contribution < -0.4 is 5.73 Å². The maximum atomic E-state index is 6.04. The molecule has 88 valence electrons. The van der Waals surface area contributed by atoms with Gasteiger partial charge in [0.25, 0.3) is 0 Å². The van der Waals surface area contributed by atoms with E-state index in [1.807, 2.05) is 18.2 Å². The highest BCUT2D eigenvalue weighted by Gasteiger charge is 2.44. The number of hydrogen-bond donors (Lipinski definition) is 1. The van der Waals surface area contributed by atoms with Crippen molar-refractivity contribution in [3.63, 3.8) is 0 Å². The molecule has 4 heteroatoms.